The molecular formula is C8H17N2. The maximum absolute atomic E-state index is 7.33. The first-order chi connectivity index (χ1) is 4.46. The third-order valence-corrected chi connectivity index (χ3v) is 1.42. The van der Waals surface area contributed by atoms with Crippen molar-refractivity contribution in [2.24, 2.45) is 0 Å². The van der Waals surface area contributed by atoms with E-state index in [2.05, 4.69) is 34.3 Å². The molecule has 0 heterocycles. The summed E-state index contributed by atoms with van der Waals surface area (Å²) in [5.74, 6) is 0.407. The van der Waals surface area contributed by atoms with Crippen molar-refractivity contribution in [1.82, 2.24) is 10.6 Å². The third kappa shape index (κ3) is 2.29. The van der Waals surface area contributed by atoms with Gasteiger partial charge in [-0.15, -0.1) is 0 Å². The van der Waals surface area contributed by atoms with Crippen LogP contribution in [0.5, 0.6) is 0 Å². The molecule has 2 heteroatoms. The molecule has 0 aromatic heterocycles. The van der Waals surface area contributed by atoms with Crippen molar-refractivity contribution in [2.75, 3.05) is 0 Å². The first-order valence-electron chi connectivity index (χ1n) is 3.65. The van der Waals surface area contributed by atoms with E-state index in [-0.39, 0.29) is 0 Å². The van der Waals surface area contributed by atoms with Gasteiger partial charge in [0.1, 0.15) is 5.82 Å². The Kier molecular flexibility index (Phi) is 3.26. The third-order valence-electron chi connectivity index (χ3n) is 1.42. The van der Waals surface area contributed by atoms with Crippen molar-refractivity contribution in [3.05, 3.63) is 12.4 Å². The number of hydrogen-bond donors (Lipinski definition) is 0. The van der Waals surface area contributed by atoms with Crippen LogP contribution in [-0.2, 0) is 0 Å². The molecule has 0 amide bonds. The monoisotopic (exact) mass is 141 g/mol. The molecule has 0 rings (SSSR count). The molecule has 0 saturated heterocycles. The van der Waals surface area contributed by atoms with Crippen molar-refractivity contribution < 1.29 is 0 Å². The lowest BCUT2D eigenvalue weighted by atomic mass is 10.2. The molecule has 0 aliphatic heterocycles. The summed E-state index contributed by atoms with van der Waals surface area (Å²) in [5, 5.41) is 0. The van der Waals surface area contributed by atoms with Gasteiger partial charge in [0, 0.05) is 12.1 Å². The van der Waals surface area contributed by atoms with Crippen LogP contribution in [0.15, 0.2) is 12.4 Å². The van der Waals surface area contributed by atoms with E-state index in [1.54, 1.807) is 0 Å². The molecule has 1 radical (unpaired) electrons. The van der Waals surface area contributed by atoms with Gasteiger partial charge in [0.2, 0.25) is 0 Å². The summed E-state index contributed by atoms with van der Waals surface area (Å²) in [6.45, 7) is 11.9. The zero-order chi connectivity index (χ0) is 8.31. The molecule has 2 nitrogen and oxygen atoms in total. The summed E-state index contributed by atoms with van der Waals surface area (Å²) < 4.78 is 0. The van der Waals surface area contributed by atoms with Gasteiger partial charge in [0.15, 0.2) is 0 Å². The van der Waals surface area contributed by atoms with Crippen molar-refractivity contribution in [2.45, 2.75) is 39.8 Å². The second-order valence-corrected chi connectivity index (χ2v) is 3.04. The molecule has 10 heavy (non-hydrogen) atoms. The summed E-state index contributed by atoms with van der Waals surface area (Å²) in [4.78, 5) is 1.97. The van der Waals surface area contributed by atoms with E-state index in [4.69, 9.17) is 5.73 Å². The Labute approximate surface area is 63.7 Å². The van der Waals surface area contributed by atoms with Gasteiger partial charge < -0.3 is 4.90 Å². The number of nitrogens with zero attached hydrogens (tertiary/aromatic N) is 1. The molecule has 0 aliphatic carbocycles. The van der Waals surface area contributed by atoms with Gasteiger partial charge in [0.25, 0.3) is 0 Å². The van der Waals surface area contributed by atoms with Gasteiger partial charge in [-0.1, -0.05) is 6.58 Å². The summed E-state index contributed by atoms with van der Waals surface area (Å²) in [5.41, 5.74) is 7.33. The molecule has 0 bridgehead atoms. The van der Waals surface area contributed by atoms with Crippen LogP contribution in [-0.4, -0.2) is 17.0 Å². The zero-order valence-electron chi connectivity index (χ0n) is 7.31. The average molecular weight is 141 g/mol. The summed E-state index contributed by atoms with van der Waals surface area (Å²) in [6.07, 6.45) is 0. The lowest BCUT2D eigenvalue weighted by Crippen LogP contribution is -2.36. The van der Waals surface area contributed by atoms with Crippen LogP contribution in [0, 0.1) is 0 Å². The Morgan fingerprint density at radius 3 is 1.50 bits per heavy atom. The summed E-state index contributed by atoms with van der Waals surface area (Å²) in [7, 11) is 0. The van der Waals surface area contributed by atoms with Crippen LogP contribution in [0.25, 0.3) is 0 Å². The highest BCUT2D eigenvalue weighted by atomic mass is 15.2. The van der Waals surface area contributed by atoms with Crippen LogP contribution in [0.4, 0.5) is 0 Å². The second-order valence-electron chi connectivity index (χ2n) is 3.04. The molecule has 0 atom stereocenters. The van der Waals surface area contributed by atoms with E-state index in [0.717, 1.165) is 0 Å². The summed E-state index contributed by atoms with van der Waals surface area (Å²) >= 11 is 0. The Hall–Kier alpha value is -0.660. The van der Waals surface area contributed by atoms with Crippen molar-refractivity contribution in [3.8, 4) is 0 Å². The van der Waals surface area contributed by atoms with Crippen molar-refractivity contribution in [3.63, 3.8) is 0 Å². The fourth-order valence-corrected chi connectivity index (χ4v) is 1.22. The van der Waals surface area contributed by atoms with E-state index in [9.17, 15) is 0 Å². The van der Waals surface area contributed by atoms with Crippen molar-refractivity contribution in [1.29, 1.82) is 0 Å². The van der Waals surface area contributed by atoms with Crippen LogP contribution < -0.4 is 5.73 Å². The molecule has 0 saturated carbocycles. The minimum absolute atomic E-state index is 0.380. The first kappa shape index (κ1) is 9.34. The van der Waals surface area contributed by atoms with Gasteiger partial charge >= 0.3 is 0 Å². The minimum atomic E-state index is 0.380. The van der Waals surface area contributed by atoms with Gasteiger partial charge in [-0.3, -0.25) is 5.73 Å². The van der Waals surface area contributed by atoms with Gasteiger partial charge in [-0.05, 0) is 27.7 Å². The van der Waals surface area contributed by atoms with Gasteiger partial charge in [-0.2, -0.15) is 0 Å². The van der Waals surface area contributed by atoms with Gasteiger partial charge in [-0.25, -0.2) is 0 Å². The summed E-state index contributed by atoms with van der Waals surface area (Å²) in [6, 6.07) is 0.759. The second kappa shape index (κ2) is 3.49. The minimum Gasteiger partial charge on any atom is -0.353 e. The van der Waals surface area contributed by atoms with E-state index in [1.807, 2.05) is 4.90 Å². The molecule has 0 fully saturated rings. The maximum Gasteiger partial charge on any atom is 0.113 e. The predicted octanol–water partition coefficient (Wildman–Crippen LogP) is 1.86. The Bertz CT molecular complexity index is 108. The molecule has 0 aliphatic rings. The highest BCUT2D eigenvalue weighted by Gasteiger charge is 2.12. The topological polar surface area (TPSA) is 27.0 Å². The first-order valence-corrected chi connectivity index (χ1v) is 3.65. The molecule has 0 unspecified atom stereocenters. The van der Waals surface area contributed by atoms with Crippen LogP contribution in [0.3, 0.4) is 0 Å². The Balaban J connectivity index is 4.12. The lowest BCUT2D eigenvalue weighted by Gasteiger charge is -2.31. The molecule has 0 spiro atoms. The van der Waals surface area contributed by atoms with Crippen molar-refractivity contribution >= 4 is 0 Å². The highest BCUT2D eigenvalue weighted by Crippen LogP contribution is 2.08. The van der Waals surface area contributed by atoms with E-state index >= 15 is 0 Å². The fraction of sp³-hybridized carbons (Fsp3) is 0.750. The van der Waals surface area contributed by atoms with Crippen LogP contribution >= 0.6 is 0 Å². The highest BCUT2D eigenvalue weighted by molar-refractivity contribution is 4.89. The largest absolute Gasteiger partial charge is 0.353 e. The quantitative estimate of drug-likeness (QED) is 0.589. The average Bonchev–Trinajstić information content (AvgIpc) is 1.59. The van der Waals surface area contributed by atoms with Crippen LogP contribution in [0.2, 0.25) is 0 Å². The van der Waals surface area contributed by atoms with Gasteiger partial charge in [0.05, 0.1) is 0 Å². The number of hydrogen-bond acceptors (Lipinski definition) is 1. The SMILES string of the molecule is C=C([NH])N(C(C)C)C(C)C. The number of rotatable bonds is 3. The normalized spacial score (nSPS) is 10.6. The molecule has 1 N–H and O–H groups in total. The molecule has 0 aromatic rings. The Morgan fingerprint density at radius 2 is 1.50 bits per heavy atom. The smallest absolute Gasteiger partial charge is 0.113 e. The zero-order valence-corrected chi connectivity index (χ0v) is 7.31. The lowest BCUT2D eigenvalue weighted by molar-refractivity contribution is 0.228. The standard InChI is InChI=1S/C8H17N2/c1-6(2)10(7(3)4)8(5)9/h6-7,9H,5H2,1-4H3. The number of nitrogens with one attached hydrogen (secondary N) is 1. The van der Waals surface area contributed by atoms with E-state index in [1.165, 1.54) is 0 Å². The van der Waals surface area contributed by atoms with E-state index in [0.29, 0.717) is 17.9 Å². The molecule has 59 valence electrons. The predicted molar refractivity (Wildman–Crippen MR) is 44.3 cm³/mol. The van der Waals surface area contributed by atoms with E-state index < -0.39 is 0 Å². The maximum atomic E-state index is 7.33. The Morgan fingerprint density at radius 1 is 1.20 bits per heavy atom. The molecule has 0 aromatic carbocycles. The fourth-order valence-electron chi connectivity index (χ4n) is 1.22. The van der Waals surface area contributed by atoms with Crippen LogP contribution in [0.1, 0.15) is 27.7 Å². The molecular weight excluding hydrogens is 124 g/mol.